The molecule has 1 N–H and O–H groups in total. The average Bonchev–Trinajstić information content (AvgIpc) is 2.82. The van der Waals surface area contributed by atoms with Crippen LogP contribution in [0.3, 0.4) is 0 Å². The van der Waals surface area contributed by atoms with Gasteiger partial charge in [0.2, 0.25) is 5.13 Å². The van der Waals surface area contributed by atoms with Gasteiger partial charge in [0.25, 0.3) is 0 Å². The van der Waals surface area contributed by atoms with Gasteiger partial charge in [0, 0.05) is 14.1 Å². The van der Waals surface area contributed by atoms with Crippen molar-refractivity contribution in [1.29, 1.82) is 0 Å². The molecule has 7 heteroatoms. The second-order valence-electron chi connectivity index (χ2n) is 3.29. The van der Waals surface area contributed by atoms with E-state index in [0.717, 1.165) is 26.6 Å². The lowest BCUT2D eigenvalue weighted by Crippen LogP contribution is -1.92. The first-order chi connectivity index (χ1) is 7.69. The van der Waals surface area contributed by atoms with E-state index in [4.69, 9.17) is 0 Å². The number of hydrogen-bond donors (Lipinski definition) is 1. The van der Waals surface area contributed by atoms with E-state index in [0.29, 0.717) is 0 Å². The third-order valence-electron chi connectivity index (χ3n) is 1.98. The molecule has 2 aromatic rings. The van der Waals surface area contributed by atoms with Gasteiger partial charge in [-0.3, -0.25) is 4.68 Å². The van der Waals surface area contributed by atoms with Crippen molar-refractivity contribution in [2.24, 2.45) is 7.05 Å². The zero-order chi connectivity index (χ0) is 11.5. The minimum atomic E-state index is 0.832. The van der Waals surface area contributed by atoms with Crippen molar-refractivity contribution in [1.82, 2.24) is 20.0 Å². The summed E-state index contributed by atoms with van der Waals surface area (Å²) in [6, 6.07) is 2.07. The van der Waals surface area contributed by atoms with E-state index in [1.807, 2.05) is 25.7 Å². The summed E-state index contributed by atoms with van der Waals surface area (Å²) in [5.41, 5.74) is 1.04. The number of thioether (sulfide) groups is 1. The van der Waals surface area contributed by atoms with Crippen LogP contribution in [-0.2, 0) is 12.8 Å². The molecule has 0 aliphatic rings. The van der Waals surface area contributed by atoms with E-state index in [1.165, 1.54) is 0 Å². The van der Waals surface area contributed by atoms with Crippen LogP contribution in [0.5, 0.6) is 0 Å². The first-order valence-corrected chi connectivity index (χ1v) is 6.63. The third kappa shape index (κ3) is 2.53. The van der Waals surface area contributed by atoms with Gasteiger partial charge >= 0.3 is 0 Å². The number of aryl methyl sites for hydroxylation is 2. The van der Waals surface area contributed by atoms with Crippen molar-refractivity contribution < 1.29 is 0 Å². The summed E-state index contributed by atoms with van der Waals surface area (Å²) >= 11 is 3.31. The molecule has 2 aromatic heterocycles. The highest BCUT2D eigenvalue weighted by Gasteiger charge is 2.06. The molecule has 0 spiro atoms. The van der Waals surface area contributed by atoms with E-state index in [1.54, 1.807) is 23.1 Å². The van der Waals surface area contributed by atoms with Crippen molar-refractivity contribution in [2.45, 2.75) is 17.7 Å². The Hall–Kier alpha value is -1.08. The summed E-state index contributed by atoms with van der Waals surface area (Å²) in [4.78, 5) is 0. The molecular formula is C9H13N5S2. The molecule has 0 saturated heterocycles. The quantitative estimate of drug-likeness (QED) is 0.846. The number of anilines is 1. The van der Waals surface area contributed by atoms with Crippen LogP contribution in [0.4, 0.5) is 5.13 Å². The lowest BCUT2D eigenvalue weighted by Gasteiger charge is -1.97. The van der Waals surface area contributed by atoms with Crippen molar-refractivity contribution in [3.05, 3.63) is 16.8 Å². The Bertz CT molecular complexity index is 476. The number of nitrogens with one attached hydrogen (secondary N) is 1. The first-order valence-electron chi connectivity index (χ1n) is 4.82. The zero-order valence-corrected chi connectivity index (χ0v) is 11.0. The molecule has 0 fully saturated rings. The monoisotopic (exact) mass is 255 g/mol. The van der Waals surface area contributed by atoms with E-state index in [2.05, 4.69) is 26.7 Å². The van der Waals surface area contributed by atoms with Crippen LogP contribution >= 0.6 is 23.1 Å². The average molecular weight is 255 g/mol. The molecule has 0 radical (unpaired) electrons. The molecule has 2 rings (SSSR count). The predicted octanol–water partition coefficient (Wildman–Crippen LogP) is 1.91. The molecule has 0 atom stereocenters. The van der Waals surface area contributed by atoms with E-state index in [9.17, 15) is 0 Å². The van der Waals surface area contributed by atoms with Gasteiger partial charge in [-0.05, 0) is 13.0 Å². The highest BCUT2D eigenvalue weighted by atomic mass is 32.2. The summed E-state index contributed by atoms with van der Waals surface area (Å²) in [5, 5.41) is 18.4. The maximum atomic E-state index is 4.30. The molecule has 2 heterocycles. The fraction of sp³-hybridized carbons (Fsp3) is 0.444. The molecular weight excluding hydrogens is 242 g/mol. The van der Waals surface area contributed by atoms with Crippen molar-refractivity contribution in [3.63, 3.8) is 0 Å². The van der Waals surface area contributed by atoms with Crippen LogP contribution in [-0.4, -0.2) is 27.0 Å². The Labute approximate surface area is 102 Å². The summed E-state index contributed by atoms with van der Waals surface area (Å²) in [5.74, 6) is 0.832. The lowest BCUT2D eigenvalue weighted by molar-refractivity contribution is 0.692. The lowest BCUT2D eigenvalue weighted by atomic mass is 10.5. The Kier molecular flexibility index (Phi) is 3.45. The Morgan fingerprint density at radius 2 is 2.31 bits per heavy atom. The number of aromatic nitrogens is 4. The smallest absolute Gasteiger partial charge is 0.205 e. The second kappa shape index (κ2) is 4.84. The van der Waals surface area contributed by atoms with Crippen LogP contribution in [0.2, 0.25) is 0 Å². The highest BCUT2D eigenvalue weighted by Crippen LogP contribution is 2.25. The largest absolute Gasteiger partial charge is 0.363 e. The normalized spacial score (nSPS) is 10.7. The zero-order valence-electron chi connectivity index (χ0n) is 9.39. The Morgan fingerprint density at radius 3 is 2.88 bits per heavy atom. The number of rotatable bonds is 4. The number of hydrogen-bond acceptors (Lipinski definition) is 6. The van der Waals surface area contributed by atoms with Crippen LogP contribution in [0.1, 0.15) is 10.7 Å². The Morgan fingerprint density at radius 1 is 1.50 bits per heavy atom. The summed E-state index contributed by atoms with van der Waals surface area (Å²) < 4.78 is 1.89. The Balaban J connectivity index is 1.99. The first kappa shape index (κ1) is 11.4. The highest BCUT2D eigenvalue weighted by molar-refractivity contribution is 7.98. The second-order valence-corrected chi connectivity index (χ2v) is 5.34. The molecule has 16 heavy (non-hydrogen) atoms. The van der Waals surface area contributed by atoms with E-state index >= 15 is 0 Å². The third-order valence-corrected chi connectivity index (χ3v) is 4.20. The standard InChI is InChI=1S/C9H13N5S2/c1-6-4-8(14(3)13-6)15-5-7-11-12-9(10-2)16-7/h4H,5H2,1-3H3,(H,10,12). The van der Waals surface area contributed by atoms with E-state index in [-0.39, 0.29) is 0 Å². The van der Waals surface area contributed by atoms with Gasteiger partial charge in [-0.15, -0.1) is 10.2 Å². The molecule has 0 aromatic carbocycles. The molecule has 0 saturated carbocycles. The van der Waals surface area contributed by atoms with Crippen molar-refractivity contribution >= 4 is 28.2 Å². The van der Waals surface area contributed by atoms with Gasteiger partial charge in [-0.1, -0.05) is 23.1 Å². The maximum absolute atomic E-state index is 4.30. The fourth-order valence-electron chi connectivity index (χ4n) is 1.27. The van der Waals surface area contributed by atoms with Gasteiger partial charge in [0.15, 0.2) is 0 Å². The van der Waals surface area contributed by atoms with Crippen LogP contribution in [0, 0.1) is 6.92 Å². The topological polar surface area (TPSA) is 55.6 Å². The molecule has 86 valence electrons. The minimum absolute atomic E-state index is 0.832. The van der Waals surface area contributed by atoms with Gasteiger partial charge in [-0.25, -0.2) is 0 Å². The fourth-order valence-corrected chi connectivity index (χ4v) is 2.98. The van der Waals surface area contributed by atoms with Gasteiger partial charge in [-0.2, -0.15) is 5.10 Å². The van der Waals surface area contributed by atoms with Gasteiger partial charge < -0.3 is 5.32 Å². The van der Waals surface area contributed by atoms with Crippen LogP contribution < -0.4 is 5.32 Å². The molecule has 0 bridgehead atoms. The predicted molar refractivity (Wildman–Crippen MR) is 67.0 cm³/mol. The number of nitrogens with zero attached hydrogens (tertiary/aromatic N) is 4. The minimum Gasteiger partial charge on any atom is -0.363 e. The molecule has 0 unspecified atom stereocenters. The summed E-state index contributed by atoms with van der Waals surface area (Å²) in [6.45, 7) is 1.99. The maximum Gasteiger partial charge on any atom is 0.205 e. The van der Waals surface area contributed by atoms with Crippen molar-refractivity contribution in [2.75, 3.05) is 12.4 Å². The molecule has 0 aliphatic carbocycles. The SMILES string of the molecule is CNc1nnc(CSc2cc(C)nn2C)s1. The van der Waals surface area contributed by atoms with Crippen LogP contribution in [0.25, 0.3) is 0 Å². The summed E-state index contributed by atoms with van der Waals surface area (Å²) in [6.07, 6.45) is 0. The van der Waals surface area contributed by atoms with Gasteiger partial charge in [0.1, 0.15) is 5.01 Å². The molecule has 5 nitrogen and oxygen atoms in total. The summed E-state index contributed by atoms with van der Waals surface area (Å²) in [7, 11) is 3.80. The van der Waals surface area contributed by atoms with Crippen LogP contribution in [0.15, 0.2) is 11.1 Å². The van der Waals surface area contributed by atoms with E-state index < -0.39 is 0 Å². The van der Waals surface area contributed by atoms with Crippen molar-refractivity contribution in [3.8, 4) is 0 Å². The molecule has 0 amide bonds. The van der Waals surface area contributed by atoms with Gasteiger partial charge in [0.05, 0.1) is 16.5 Å². The molecule has 0 aliphatic heterocycles.